The van der Waals surface area contributed by atoms with E-state index in [1.165, 1.54) is 0 Å². The third-order valence-corrected chi connectivity index (χ3v) is 3.91. The molecule has 1 heterocycles. The molecule has 1 aromatic carbocycles. The van der Waals surface area contributed by atoms with E-state index in [-0.39, 0.29) is 18.1 Å². The molecule has 21 heavy (non-hydrogen) atoms. The van der Waals surface area contributed by atoms with Crippen LogP contribution in [0.3, 0.4) is 0 Å². The molecule has 1 saturated heterocycles. The Balaban J connectivity index is 2.07. The number of hydrogen-bond acceptors (Lipinski definition) is 3. The third-order valence-electron chi connectivity index (χ3n) is 3.91. The monoisotopic (exact) mass is 290 g/mol. The van der Waals surface area contributed by atoms with Gasteiger partial charge in [-0.05, 0) is 50.8 Å². The van der Waals surface area contributed by atoms with Gasteiger partial charge in [0.1, 0.15) is 0 Å². The number of amides is 1. The summed E-state index contributed by atoms with van der Waals surface area (Å²) in [5.74, 6) is 0.136. The number of ether oxygens (including phenoxy) is 1. The van der Waals surface area contributed by atoms with Gasteiger partial charge in [-0.1, -0.05) is 12.1 Å². The Hall–Kier alpha value is -1.39. The molecule has 0 saturated carbocycles. The van der Waals surface area contributed by atoms with Crippen LogP contribution in [-0.2, 0) is 16.1 Å². The molecule has 1 aliphatic heterocycles. The first-order chi connectivity index (χ1) is 10.1. The molecule has 1 aromatic rings. The molecule has 2 N–H and O–H groups in total. The standard InChI is InChI=1S/C17H26N2O2/c1-13(2)19(15-8-6-14(12-18)7-9-15)17(20)11-16-5-3-4-10-21-16/h6-9,13,16H,3-5,10-12,18H2,1-2H3. The summed E-state index contributed by atoms with van der Waals surface area (Å²) in [6.45, 7) is 5.38. The topological polar surface area (TPSA) is 55.6 Å². The lowest BCUT2D eigenvalue weighted by Gasteiger charge is -2.30. The predicted octanol–water partition coefficient (Wildman–Crippen LogP) is 2.85. The molecule has 0 aliphatic carbocycles. The summed E-state index contributed by atoms with van der Waals surface area (Å²) in [7, 11) is 0. The summed E-state index contributed by atoms with van der Waals surface area (Å²) < 4.78 is 5.69. The van der Waals surface area contributed by atoms with Gasteiger partial charge in [-0.2, -0.15) is 0 Å². The van der Waals surface area contributed by atoms with Gasteiger partial charge in [-0.15, -0.1) is 0 Å². The zero-order valence-corrected chi connectivity index (χ0v) is 13.0. The average Bonchev–Trinajstić information content (AvgIpc) is 2.49. The lowest BCUT2D eigenvalue weighted by Crippen LogP contribution is -2.39. The number of hydrogen-bond donors (Lipinski definition) is 1. The summed E-state index contributed by atoms with van der Waals surface area (Å²) in [5.41, 5.74) is 7.63. The number of nitrogens with two attached hydrogens (primary N) is 1. The van der Waals surface area contributed by atoms with Crippen molar-refractivity contribution in [1.29, 1.82) is 0 Å². The van der Waals surface area contributed by atoms with Crippen LogP contribution in [0.1, 0.15) is 45.1 Å². The van der Waals surface area contributed by atoms with Crippen LogP contribution in [0, 0.1) is 0 Å². The van der Waals surface area contributed by atoms with Crippen molar-refractivity contribution in [2.45, 2.75) is 58.2 Å². The highest BCUT2D eigenvalue weighted by Crippen LogP contribution is 2.22. The Morgan fingerprint density at radius 2 is 2.05 bits per heavy atom. The van der Waals surface area contributed by atoms with E-state index >= 15 is 0 Å². The first-order valence-corrected chi connectivity index (χ1v) is 7.84. The third kappa shape index (κ3) is 4.29. The number of rotatable bonds is 5. The molecule has 4 heteroatoms. The highest BCUT2D eigenvalue weighted by molar-refractivity contribution is 5.94. The van der Waals surface area contributed by atoms with Gasteiger partial charge < -0.3 is 15.4 Å². The van der Waals surface area contributed by atoms with Crippen LogP contribution in [0.4, 0.5) is 5.69 Å². The number of anilines is 1. The minimum Gasteiger partial charge on any atom is -0.378 e. The van der Waals surface area contributed by atoms with E-state index in [0.717, 1.165) is 37.1 Å². The number of benzene rings is 1. The molecule has 4 nitrogen and oxygen atoms in total. The molecular formula is C17H26N2O2. The molecule has 1 aliphatic rings. The Bertz CT molecular complexity index is 450. The summed E-state index contributed by atoms with van der Waals surface area (Å²) in [5, 5.41) is 0. The van der Waals surface area contributed by atoms with Crippen molar-refractivity contribution in [3.8, 4) is 0 Å². The minimum atomic E-state index is 0.0795. The van der Waals surface area contributed by atoms with Crippen molar-refractivity contribution in [2.24, 2.45) is 5.73 Å². The first kappa shape index (κ1) is 16.0. The summed E-state index contributed by atoms with van der Waals surface area (Å²) in [4.78, 5) is 14.5. The second kappa shape index (κ2) is 7.57. The maximum atomic E-state index is 12.6. The van der Waals surface area contributed by atoms with Gasteiger partial charge in [0.15, 0.2) is 0 Å². The Morgan fingerprint density at radius 1 is 1.33 bits per heavy atom. The fourth-order valence-corrected chi connectivity index (χ4v) is 2.78. The van der Waals surface area contributed by atoms with E-state index in [9.17, 15) is 4.79 Å². The summed E-state index contributed by atoms with van der Waals surface area (Å²) >= 11 is 0. The van der Waals surface area contributed by atoms with Crippen molar-refractivity contribution in [3.05, 3.63) is 29.8 Å². The second-order valence-corrected chi connectivity index (χ2v) is 5.92. The SMILES string of the molecule is CC(C)N(C(=O)CC1CCCCO1)c1ccc(CN)cc1. The highest BCUT2D eigenvalue weighted by atomic mass is 16.5. The van der Waals surface area contributed by atoms with Crippen LogP contribution >= 0.6 is 0 Å². The molecular weight excluding hydrogens is 264 g/mol. The summed E-state index contributed by atoms with van der Waals surface area (Å²) in [6, 6.07) is 8.04. The Kier molecular flexibility index (Phi) is 5.76. The van der Waals surface area contributed by atoms with E-state index in [2.05, 4.69) is 0 Å². The zero-order chi connectivity index (χ0) is 15.2. The second-order valence-electron chi connectivity index (χ2n) is 5.92. The van der Waals surface area contributed by atoms with Crippen LogP contribution in [-0.4, -0.2) is 24.7 Å². The Labute approximate surface area is 127 Å². The van der Waals surface area contributed by atoms with Crippen molar-refractivity contribution in [1.82, 2.24) is 0 Å². The number of carbonyl (C=O) groups excluding carboxylic acids is 1. The number of carbonyl (C=O) groups is 1. The van der Waals surface area contributed by atoms with E-state index in [0.29, 0.717) is 13.0 Å². The lowest BCUT2D eigenvalue weighted by atomic mass is 10.0. The molecule has 0 bridgehead atoms. The largest absolute Gasteiger partial charge is 0.378 e. The maximum Gasteiger partial charge on any atom is 0.229 e. The van der Waals surface area contributed by atoms with Gasteiger partial charge in [0, 0.05) is 24.9 Å². The van der Waals surface area contributed by atoms with Crippen LogP contribution in [0.15, 0.2) is 24.3 Å². The fraction of sp³-hybridized carbons (Fsp3) is 0.588. The molecule has 1 fully saturated rings. The lowest BCUT2D eigenvalue weighted by molar-refractivity contribution is -0.122. The van der Waals surface area contributed by atoms with Crippen molar-refractivity contribution in [2.75, 3.05) is 11.5 Å². The molecule has 0 radical (unpaired) electrons. The average molecular weight is 290 g/mol. The highest BCUT2D eigenvalue weighted by Gasteiger charge is 2.24. The van der Waals surface area contributed by atoms with E-state index in [1.54, 1.807) is 0 Å². The van der Waals surface area contributed by atoms with Crippen LogP contribution in [0.5, 0.6) is 0 Å². The van der Waals surface area contributed by atoms with Gasteiger partial charge >= 0.3 is 0 Å². The Morgan fingerprint density at radius 3 is 2.57 bits per heavy atom. The zero-order valence-electron chi connectivity index (χ0n) is 13.0. The van der Waals surface area contributed by atoms with Crippen LogP contribution in [0.2, 0.25) is 0 Å². The van der Waals surface area contributed by atoms with Crippen LogP contribution < -0.4 is 10.6 Å². The normalized spacial score (nSPS) is 18.8. The summed E-state index contributed by atoms with van der Waals surface area (Å²) in [6.07, 6.45) is 3.81. The van der Waals surface area contributed by atoms with E-state index < -0.39 is 0 Å². The van der Waals surface area contributed by atoms with Crippen LogP contribution in [0.25, 0.3) is 0 Å². The predicted molar refractivity (Wildman–Crippen MR) is 85.2 cm³/mol. The van der Waals surface area contributed by atoms with Crippen molar-refractivity contribution in [3.63, 3.8) is 0 Å². The van der Waals surface area contributed by atoms with Gasteiger partial charge in [-0.25, -0.2) is 0 Å². The molecule has 1 atom stereocenters. The number of nitrogens with zero attached hydrogens (tertiary/aromatic N) is 1. The maximum absolute atomic E-state index is 12.6. The van der Waals surface area contributed by atoms with Gasteiger partial charge in [0.25, 0.3) is 0 Å². The van der Waals surface area contributed by atoms with Crippen molar-refractivity contribution >= 4 is 11.6 Å². The molecule has 1 amide bonds. The molecule has 2 rings (SSSR count). The molecule has 0 aromatic heterocycles. The molecule has 1 unspecified atom stereocenters. The quantitative estimate of drug-likeness (QED) is 0.907. The molecule has 116 valence electrons. The molecule has 0 spiro atoms. The van der Waals surface area contributed by atoms with Gasteiger partial charge in [0.2, 0.25) is 5.91 Å². The van der Waals surface area contributed by atoms with Crippen molar-refractivity contribution < 1.29 is 9.53 Å². The van der Waals surface area contributed by atoms with E-state index in [1.807, 2.05) is 43.0 Å². The fourth-order valence-electron chi connectivity index (χ4n) is 2.78. The minimum absolute atomic E-state index is 0.0795. The first-order valence-electron chi connectivity index (χ1n) is 7.84. The van der Waals surface area contributed by atoms with E-state index in [4.69, 9.17) is 10.5 Å². The van der Waals surface area contributed by atoms with Gasteiger partial charge in [0.05, 0.1) is 12.5 Å². The smallest absolute Gasteiger partial charge is 0.229 e. The van der Waals surface area contributed by atoms with Gasteiger partial charge in [-0.3, -0.25) is 4.79 Å².